The zero-order chi connectivity index (χ0) is 16.5. The summed E-state index contributed by atoms with van der Waals surface area (Å²) in [6, 6.07) is 3.24. The second-order valence-electron chi connectivity index (χ2n) is 3.91. The van der Waals surface area contributed by atoms with Gasteiger partial charge in [-0.15, -0.1) is 0 Å². The molecule has 0 fully saturated rings. The zero-order valence-electron chi connectivity index (χ0n) is 12.9. The SMILES string of the molecule is CCOC(P=O)=c1cc(OC)c(=C(OCC)P=O)cc1OC. The zero-order valence-corrected chi connectivity index (χ0v) is 14.7. The van der Waals surface area contributed by atoms with Crippen LogP contribution in [0.2, 0.25) is 0 Å². The number of ether oxygens (including phenoxy) is 4. The van der Waals surface area contributed by atoms with Crippen molar-refractivity contribution < 1.29 is 28.1 Å². The number of hydrogen-bond acceptors (Lipinski definition) is 6. The summed E-state index contributed by atoms with van der Waals surface area (Å²) in [7, 11) is 2.43. The van der Waals surface area contributed by atoms with E-state index in [1.807, 2.05) is 0 Å². The Morgan fingerprint density at radius 1 is 0.864 bits per heavy atom. The van der Waals surface area contributed by atoms with Gasteiger partial charge in [-0.05, 0) is 26.0 Å². The Morgan fingerprint density at radius 3 is 1.45 bits per heavy atom. The number of methoxy groups -OCH3 is 2. The molecule has 6 nitrogen and oxygen atoms in total. The van der Waals surface area contributed by atoms with Crippen molar-refractivity contribution in [2.45, 2.75) is 13.8 Å². The molecule has 0 heterocycles. The van der Waals surface area contributed by atoms with Gasteiger partial charge in [0, 0.05) is 0 Å². The van der Waals surface area contributed by atoms with Crippen molar-refractivity contribution >= 4 is 27.9 Å². The van der Waals surface area contributed by atoms with E-state index in [9.17, 15) is 9.13 Å². The first-order valence-electron chi connectivity index (χ1n) is 6.59. The maximum atomic E-state index is 11.3. The summed E-state index contributed by atoms with van der Waals surface area (Å²) in [6.07, 6.45) is 0. The van der Waals surface area contributed by atoms with E-state index in [2.05, 4.69) is 0 Å². The first-order chi connectivity index (χ1) is 10.7. The van der Waals surface area contributed by atoms with Crippen molar-refractivity contribution in [3.8, 4) is 11.5 Å². The molecule has 0 aliphatic heterocycles. The molecular weight excluding hydrogens is 326 g/mol. The van der Waals surface area contributed by atoms with Gasteiger partial charge in [0.2, 0.25) is 16.9 Å². The van der Waals surface area contributed by atoms with Gasteiger partial charge in [-0.1, -0.05) is 0 Å². The lowest BCUT2D eigenvalue weighted by molar-refractivity contribution is 0.301. The Bertz CT molecular complexity index is 598. The van der Waals surface area contributed by atoms with E-state index in [4.69, 9.17) is 18.9 Å². The topological polar surface area (TPSA) is 71.1 Å². The van der Waals surface area contributed by atoms with Crippen molar-refractivity contribution in [3.05, 3.63) is 22.6 Å². The molecule has 0 N–H and O–H groups in total. The van der Waals surface area contributed by atoms with Crippen LogP contribution in [0, 0.1) is 0 Å². The third-order valence-corrected chi connectivity index (χ3v) is 3.78. The first kappa shape index (κ1) is 18.4. The highest BCUT2D eigenvalue weighted by Gasteiger charge is 2.12. The third kappa shape index (κ3) is 4.19. The quantitative estimate of drug-likeness (QED) is 0.675. The van der Waals surface area contributed by atoms with Crippen LogP contribution in [0.1, 0.15) is 13.8 Å². The summed E-state index contributed by atoms with van der Waals surface area (Å²) in [5, 5.41) is 1.00. The molecule has 0 amide bonds. The summed E-state index contributed by atoms with van der Waals surface area (Å²) in [5.41, 5.74) is 0.476. The van der Waals surface area contributed by atoms with Gasteiger partial charge in [-0.2, -0.15) is 0 Å². The van der Waals surface area contributed by atoms with E-state index < -0.39 is 0 Å². The lowest BCUT2D eigenvalue weighted by atomic mass is 10.2. The lowest BCUT2D eigenvalue weighted by Crippen LogP contribution is -2.19. The lowest BCUT2D eigenvalue weighted by Gasteiger charge is -2.10. The molecule has 0 saturated carbocycles. The smallest absolute Gasteiger partial charge is 0.231 e. The van der Waals surface area contributed by atoms with Gasteiger partial charge in [0.15, 0.2) is 11.0 Å². The Balaban J connectivity index is 3.82. The molecule has 0 aliphatic rings. The van der Waals surface area contributed by atoms with E-state index in [1.54, 1.807) is 26.0 Å². The normalized spacial score (nSPS) is 13.6. The monoisotopic (exact) mass is 344 g/mol. The standard InChI is InChI=1S/C14H18O6P2/c1-5-19-13(21-15)9-7-12(18-4)10(8-11(9)17-3)14(22-16)20-6-2/h7-8H,5-6H2,1-4H3. The maximum Gasteiger partial charge on any atom is 0.231 e. The molecule has 0 radical (unpaired) electrons. The van der Waals surface area contributed by atoms with Crippen LogP contribution in [-0.2, 0) is 18.6 Å². The Hall–Kier alpha value is -1.64. The fourth-order valence-corrected chi connectivity index (χ4v) is 2.72. The van der Waals surface area contributed by atoms with Gasteiger partial charge in [0.05, 0.1) is 37.9 Å². The van der Waals surface area contributed by atoms with Crippen LogP contribution in [0.15, 0.2) is 12.1 Å². The molecule has 0 aromatic heterocycles. The summed E-state index contributed by atoms with van der Waals surface area (Å²) in [4.78, 5) is 0. The summed E-state index contributed by atoms with van der Waals surface area (Å²) in [5.74, 6) is 0.840. The predicted octanol–water partition coefficient (Wildman–Crippen LogP) is 2.49. The molecule has 0 spiro atoms. The molecule has 0 aliphatic carbocycles. The van der Waals surface area contributed by atoms with E-state index >= 15 is 0 Å². The first-order valence-corrected chi connectivity index (χ1v) is 8.22. The number of hydrogen-bond donors (Lipinski definition) is 0. The minimum Gasteiger partial charge on any atom is -0.496 e. The molecule has 0 bridgehead atoms. The highest BCUT2D eigenvalue weighted by molar-refractivity contribution is 7.36. The molecule has 0 atom stereocenters. The molecule has 120 valence electrons. The number of benzene rings is 1. The van der Waals surface area contributed by atoms with Gasteiger partial charge in [-0.25, -0.2) is 0 Å². The fourth-order valence-electron chi connectivity index (χ4n) is 1.81. The Morgan fingerprint density at radius 2 is 1.23 bits per heavy atom. The van der Waals surface area contributed by atoms with Crippen molar-refractivity contribution in [3.63, 3.8) is 0 Å². The van der Waals surface area contributed by atoms with Crippen LogP contribution in [-0.4, -0.2) is 27.4 Å². The van der Waals surface area contributed by atoms with Gasteiger partial charge < -0.3 is 18.9 Å². The molecule has 1 aromatic carbocycles. The van der Waals surface area contributed by atoms with Crippen molar-refractivity contribution in [1.29, 1.82) is 0 Å². The molecule has 0 saturated heterocycles. The molecule has 1 aromatic rings. The molecular formula is C14H18O6P2. The van der Waals surface area contributed by atoms with Crippen LogP contribution < -0.4 is 19.9 Å². The van der Waals surface area contributed by atoms with Crippen molar-refractivity contribution in [2.24, 2.45) is 0 Å². The average Bonchev–Trinajstić information content (AvgIpc) is 2.56. The number of rotatable bonds is 8. The maximum absolute atomic E-state index is 11.3. The van der Waals surface area contributed by atoms with Crippen LogP contribution in [0.25, 0.3) is 11.0 Å². The van der Waals surface area contributed by atoms with Crippen LogP contribution >= 0.6 is 16.9 Å². The minimum absolute atomic E-state index is 0.238. The highest BCUT2D eigenvalue weighted by Crippen LogP contribution is 2.20. The summed E-state index contributed by atoms with van der Waals surface area (Å²) >= 11 is 0. The predicted molar refractivity (Wildman–Crippen MR) is 84.1 cm³/mol. The fraction of sp³-hybridized carbons (Fsp3) is 0.429. The van der Waals surface area contributed by atoms with Crippen molar-refractivity contribution in [1.82, 2.24) is 0 Å². The van der Waals surface area contributed by atoms with E-state index in [0.29, 0.717) is 35.2 Å². The van der Waals surface area contributed by atoms with Crippen LogP contribution in [0.4, 0.5) is 0 Å². The van der Waals surface area contributed by atoms with Gasteiger partial charge in [-0.3, -0.25) is 9.13 Å². The molecule has 8 heteroatoms. The second kappa shape index (κ2) is 9.39. The van der Waals surface area contributed by atoms with Gasteiger partial charge >= 0.3 is 0 Å². The third-order valence-electron chi connectivity index (χ3n) is 2.71. The summed E-state index contributed by atoms with van der Waals surface area (Å²) < 4.78 is 43.9. The molecule has 0 unspecified atom stereocenters. The second-order valence-corrected chi connectivity index (χ2v) is 5.09. The van der Waals surface area contributed by atoms with E-state index in [-0.39, 0.29) is 27.9 Å². The van der Waals surface area contributed by atoms with E-state index in [0.717, 1.165) is 0 Å². The molecule has 22 heavy (non-hydrogen) atoms. The van der Waals surface area contributed by atoms with E-state index in [1.165, 1.54) is 14.2 Å². The van der Waals surface area contributed by atoms with Crippen LogP contribution in [0.3, 0.4) is 0 Å². The Kier molecular flexibility index (Phi) is 7.86. The largest absolute Gasteiger partial charge is 0.496 e. The highest BCUT2D eigenvalue weighted by atomic mass is 31.1. The average molecular weight is 344 g/mol. The van der Waals surface area contributed by atoms with Crippen LogP contribution in [0.5, 0.6) is 11.5 Å². The minimum atomic E-state index is -0.268. The van der Waals surface area contributed by atoms with Crippen molar-refractivity contribution in [2.75, 3.05) is 27.4 Å². The summed E-state index contributed by atoms with van der Waals surface area (Å²) in [6.45, 7) is 4.32. The van der Waals surface area contributed by atoms with Gasteiger partial charge in [0.25, 0.3) is 0 Å². The Labute approximate surface area is 132 Å². The van der Waals surface area contributed by atoms with Gasteiger partial charge in [0.1, 0.15) is 11.5 Å². The molecule has 1 rings (SSSR count).